The molecule has 16 heavy (non-hydrogen) atoms. The zero-order valence-electron chi connectivity index (χ0n) is 10.1. The van der Waals surface area contributed by atoms with E-state index >= 15 is 0 Å². The number of rotatable bonds is 3. The highest BCUT2D eigenvalue weighted by Gasteiger charge is 2.43. The van der Waals surface area contributed by atoms with Crippen molar-refractivity contribution in [2.75, 3.05) is 13.1 Å². The van der Waals surface area contributed by atoms with Crippen molar-refractivity contribution in [2.45, 2.75) is 32.1 Å². The van der Waals surface area contributed by atoms with E-state index in [0.29, 0.717) is 5.91 Å². The fourth-order valence-electron chi connectivity index (χ4n) is 2.47. The Kier molecular flexibility index (Phi) is 2.99. The lowest BCUT2D eigenvalue weighted by Gasteiger charge is -2.23. The summed E-state index contributed by atoms with van der Waals surface area (Å²) in [6, 6.07) is 10.1. The Morgan fingerprint density at radius 2 is 2.00 bits per heavy atom. The first-order valence-electron chi connectivity index (χ1n) is 6.03. The third-order valence-electron chi connectivity index (χ3n) is 3.55. The van der Waals surface area contributed by atoms with Gasteiger partial charge in [-0.05, 0) is 25.3 Å². The van der Waals surface area contributed by atoms with Gasteiger partial charge in [0.15, 0.2) is 0 Å². The van der Waals surface area contributed by atoms with Gasteiger partial charge in [0.05, 0.1) is 5.41 Å². The van der Waals surface area contributed by atoms with E-state index in [-0.39, 0.29) is 5.41 Å². The van der Waals surface area contributed by atoms with E-state index in [4.69, 9.17) is 0 Å². The largest absolute Gasteiger partial charge is 0.342 e. The minimum absolute atomic E-state index is 0.292. The van der Waals surface area contributed by atoms with Crippen LogP contribution < -0.4 is 0 Å². The van der Waals surface area contributed by atoms with Crippen LogP contribution in [0.25, 0.3) is 0 Å². The molecule has 1 heterocycles. The minimum atomic E-state index is -0.295. The lowest BCUT2D eigenvalue weighted by Crippen LogP contribution is -2.35. The van der Waals surface area contributed by atoms with E-state index in [9.17, 15) is 4.79 Å². The number of carbonyl (C=O) groups is 1. The highest BCUT2D eigenvalue weighted by Crippen LogP contribution is 2.35. The van der Waals surface area contributed by atoms with E-state index in [1.54, 1.807) is 0 Å². The molecular formula is C14H19NO. The monoisotopic (exact) mass is 217 g/mol. The van der Waals surface area contributed by atoms with Gasteiger partial charge in [-0.3, -0.25) is 4.79 Å². The molecule has 0 saturated carbocycles. The zero-order chi connectivity index (χ0) is 11.6. The predicted octanol–water partition coefficient (Wildman–Crippen LogP) is 2.59. The lowest BCUT2D eigenvalue weighted by atomic mass is 9.81. The van der Waals surface area contributed by atoms with Gasteiger partial charge in [-0.15, -0.1) is 0 Å². The molecular weight excluding hydrogens is 198 g/mol. The summed E-state index contributed by atoms with van der Waals surface area (Å²) >= 11 is 0. The molecule has 0 aromatic heterocycles. The van der Waals surface area contributed by atoms with Gasteiger partial charge in [0.25, 0.3) is 0 Å². The van der Waals surface area contributed by atoms with Crippen LogP contribution in [0.2, 0.25) is 0 Å². The van der Waals surface area contributed by atoms with Crippen molar-refractivity contribution < 1.29 is 4.79 Å². The Bertz CT molecular complexity index is 374. The molecule has 2 nitrogen and oxygen atoms in total. The Morgan fingerprint density at radius 3 is 2.62 bits per heavy atom. The predicted molar refractivity (Wildman–Crippen MR) is 65.3 cm³/mol. The first-order valence-corrected chi connectivity index (χ1v) is 6.03. The standard InChI is InChI=1S/C14H19NO/c1-3-10-15-11-9-14(2,13(15)16)12-7-5-4-6-8-12/h4-8H,3,9-11H2,1-2H3. The molecule has 86 valence electrons. The Labute approximate surface area is 97.3 Å². The van der Waals surface area contributed by atoms with E-state index in [1.807, 2.05) is 23.1 Å². The van der Waals surface area contributed by atoms with Gasteiger partial charge in [-0.2, -0.15) is 0 Å². The highest BCUT2D eigenvalue weighted by molar-refractivity contribution is 5.89. The first-order chi connectivity index (χ1) is 7.68. The molecule has 1 aliphatic heterocycles. The Morgan fingerprint density at radius 1 is 1.31 bits per heavy atom. The molecule has 2 rings (SSSR count). The topological polar surface area (TPSA) is 20.3 Å². The molecule has 0 spiro atoms. The number of amides is 1. The second kappa shape index (κ2) is 4.28. The van der Waals surface area contributed by atoms with Gasteiger partial charge < -0.3 is 4.90 Å². The van der Waals surface area contributed by atoms with Crippen LogP contribution in [0.3, 0.4) is 0 Å². The number of likely N-dealkylation sites (tertiary alicyclic amines) is 1. The summed E-state index contributed by atoms with van der Waals surface area (Å²) < 4.78 is 0. The fourth-order valence-corrected chi connectivity index (χ4v) is 2.47. The molecule has 1 unspecified atom stereocenters. The third kappa shape index (κ3) is 1.73. The Hall–Kier alpha value is -1.31. The van der Waals surface area contributed by atoms with Crippen LogP contribution in [0.5, 0.6) is 0 Å². The molecule has 2 heteroatoms. The quantitative estimate of drug-likeness (QED) is 0.762. The van der Waals surface area contributed by atoms with Crippen molar-refractivity contribution in [1.29, 1.82) is 0 Å². The Balaban J connectivity index is 2.25. The van der Waals surface area contributed by atoms with Crippen molar-refractivity contribution >= 4 is 5.91 Å². The van der Waals surface area contributed by atoms with Gasteiger partial charge in [0.2, 0.25) is 5.91 Å². The van der Waals surface area contributed by atoms with Crippen LogP contribution in [0.4, 0.5) is 0 Å². The average molecular weight is 217 g/mol. The number of hydrogen-bond acceptors (Lipinski definition) is 1. The third-order valence-corrected chi connectivity index (χ3v) is 3.55. The van der Waals surface area contributed by atoms with Gasteiger partial charge in [-0.25, -0.2) is 0 Å². The van der Waals surface area contributed by atoms with Crippen LogP contribution in [0, 0.1) is 0 Å². The number of hydrogen-bond donors (Lipinski definition) is 0. The zero-order valence-corrected chi connectivity index (χ0v) is 10.1. The number of carbonyl (C=O) groups excluding carboxylic acids is 1. The smallest absolute Gasteiger partial charge is 0.233 e. The van der Waals surface area contributed by atoms with Crippen molar-refractivity contribution in [2.24, 2.45) is 0 Å². The van der Waals surface area contributed by atoms with Crippen LogP contribution >= 0.6 is 0 Å². The summed E-state index contributed by atoms with van der Waals surface area (Å²) in [7, 11) is 0. The molecule has 1 fully saturated rings. The average Bonchev–Trinajstić information content (AvgIpc) is 2.61. The normalized spacial score (nSPS) is 25.1. The summed E-state index contributed by atoms with van der Waals surface area (Å²) in [5.41, 5.74) is 0.856. The second-order valence-electron chi connectivity index (χ2n) is 4.74. The summed E-state index contributed by atoms with van der Waals surface area (Å²) in [5, 5.41) is 0. The van der Waals surface area contributed by atoms with E-state index in [1.165, 1.54) is 0 Å². The molecule has 1 aliphatic rings. The number of nitrogens with zero attached hydrogens (tertiary/aromatic N) is 1. The molecule has 0 bridgehead atoms. The SMILES string of the molecule is CCCN1CCC(C)(c2ccccc2)C1=O. The number of benzene rings is 1. The lowest BCUT2D eigenvalue weighted by molar-refractivity contribution is -0.132. The van der Waals surface area contributed by atoms with Gasteiger partial charge >= 0.3 is 0 Å². The van der Waals surface area contributed by atoms with Crippen molar-refractivity contribution in [3.63, 3.8) is 0 Å². The maximum atomic E-state index is 12.3. The molecule has 0 radical (unpaired) electrons. The molecule has 1 saturated heterocycles. The first kappa shape index (κ1) is 11.2. The fraction of sp³-hybridized carbons (Fsp3) is 0.500. The molecule has 1 amide bonds. The summed E-state index contributed by atoms with van der Waals surface area (Å²) in [6.45, 7) is 5.98. The van der Waals surface area contributed by atoms with E-state index in [0.717, 1.165) is 31.5 Å². The second-order valence-corrected chi connectivity index (χ2v) is 4.74. The summed E-state index contributed by atoms with van der Waals surface area (Å²) in [6.07, 6.45) is 1.98. The van der Waals surface area contributed by atoms with Crippen molar-refractivity contribution in [3.05, 3.63) is 35.9 Å². The van der Waals surface area contributed by atoms with Crippen molar-refractivity contribution in [1.82, 2.24) is 4.90 Å². The van der Waals surface area contributed by atoms with Crippen LogP contribution in [-0.4, -0.2) is 23.9 Å². The van der Waals surface area contributed by atoms with E-state index < -0.39 is 0 Å². The molecule has 1 aromatic carbocycles. The summed E-state index contributed by atoms with van der Waals surface area (Å²) in [4.78, 5) is 14.3. The van der Waals surface area contributed by atoms with E-state index in [2.05, 4.69) is 26.0 Å². The molecule has 0 N–H and O–H groups in total. The minimum Gasteiger partial charge on any atom is -0.342 e. The maximum Gasteiger partial charge on any atom is 0.233 e. The van der Waals surface area contributed by atoms with Gasteiger partial charge in [0.1, 0.15) is 0 Å². The van der Waals surface area contributed by atoms with Gasteiger partial charge in [0, 0.05) is 13.1 Å². The molecule has 0 aliphatic carbocycles. The van der Waals surface area contributed by atoms with Crippen LogP contribution in [0.15, 0.2) is 30.3 Å². The molecule has 1 atom stereocenters. The summed E-state index contributed by atoms with van der Waals surface area (Å²) in [5.74, 6) is 0.292. The molecule has 1 aromatic rings. The highest BCUT2D eigenvalue weighted by atomic mass is 16.2. The van der Waals surface area contributed by atoms with Crippen LogP contribution in [0.1, 0.15) is 32.3 Å². The maximum absolute atomic E-state index is 12.3. The van der Waals surface area contributed by atoms with Gasteiger partial charge in [-0.1, -0.05) is 37.3 Å². The van der Waals surface area contributed by atoms with Crippen LogP contribution in [-0.2, 0) is 10.2 Å². The van der Waals surface area contributed by atoms with Crippen molar-refractivity contribution in [3.8, 4) is 0 Å².